The van der Waals surface area contributed by atoms with E-state index >= 15 is 0 Å². The summed E-state index contributed by atoms with van der Waals surface area (Å²) < 4.78 is 7.83. The van der Waals surface area contributed by atoms with Gasteiger partial charge in [0.2, 0.25) is 0 Å². The number of hydrogen-bond acceptors (Lipinski definition) is 0. The van der Waals surface area contributed by atoms with E-state index in [0.29, 0.717) is 9.54 Å². The Labute approximate surface area is 225 Å². The molecule has 0 nitrogen and oxygen atoms in total. The van der Waals surface area contributed by atoms with Crippen LogP contribution in [0.4, 0.5) is 0 Å². The molecular formula is C27H36I2SiZr. The molecule has 2 aromatic carbocycles. The van der Waals surface area contributed by atoms with Gasteiger partial charge < -0.3 is 0 Å². The maximum absolute atomic E-state index is 3.29. The zero-order chi connectivity index (χ0) is 21.2. The molecule has 4 rings (SSSR count). The molecule has 2 aromatic rings. The largest absolute Gasteiger partial charge is 0.107 e. The molecule has 4 heteroatoms. The first-order valence-corrected chi connectivity index (χ1v) is 24.3. The zero-order valence-corrected chi connectivity index (χ0v) is 28.4. The molecule has 0 heterocycles. The third kappa shape index (κ3) is 4.37. The van der Waals surface area contributed by atoms with Crippen molar-refractivity contribution in [3.8, 4) is 11.1 Å². The Bertz CT molecular complexity index is 1180. The Morgan fingerprint density at radius 3 is 1.97 bits per heavy atom. The van der Waals surface area contributed by atoms with E-state index < -0.39 is 17.4 Å². The van der Waals surface area contributed by atoms with Crippen LogP contribution in [0.2, 0.25) is 9.26 Å². The molecule has 31 heavy (non-hydrogen) atoms. The minimum atomic E-state index is -3.29. The van der Waals surface area contributed by atoms with Gasteiger partial charge >= 0.3 is 180 Å². The molecule has 0 spiro atoms. The fourth-order valence-electron chi connectivity index (χ4n) is 6.50. The number of fused-ring (bicyclic) bond motifs is 1. The average molecular weight is 734 g/mol. The normalized spacial score (nSPS) is 20.8. The van der Waals surface area contributed by atoms with E-state index in [-0.39, 0.29) is 48.0 Å². The molecule has 2 unspecified atom stereocenters. The van der Waals surface area contributed by atoms with Crippen LogP contribution >= 0.6 is 48.0 Å². The van der Waals surface area contributed by atoms with Crippen LogP contribution in [0.1, 0.15) is 49.4 Å². The van der Waals surface area contributed by atoms with E-state index in [9.17, 15) is 0 Å². The maximum atomic E-state index is 2.70. The second-order valence-electron chi connectivity index (χ2n) is 10.4. The van der Waals surface area contributed by atoms with Gasteiger partial charge in [-0.15, -0.1) is 48.0 Å². The molecule has 0 fully saturated rings. The van der Waals surface area contributed by atoms with E-state index in [4.69, 9.17) is 0 Å². The van der Waals surface area contributed by atoms with E-state index in [0.717, 1.165) is 0 Å². The van der Waals surface area contributed by atoms with Gasteiger partial charge in [-0.25, -0.2) is 0 Å². The Morgan fingerprint density at radius 1 is 0.806 bits per heavy atom. The SMILES string of the molecule is CC1=Cc2c(-c3ccccc3)cccc2[CH]1[Zr]([CH3])([CH3])(=[SiH2])[C]1=C(C)C(C)=C(C)C1C.I.I. The van der Waals surface area contributed by atoms with Crippen LogP contribution in [-0.2, 0) is 17.4 Å². The van der Waals surface area contributed by atoms with Crippen LogP contribution in [0.3, 0.4) is 0 Å². The predicted molar refractivity (Wildman–Crippen MR) is 160 cm³/mol. The van der Waals surface area contributed by atoms with Gasteiger partial charge in [-0.05, 0) is 0 Å². The fraction of sp³-hybridized carbons (Fsp3) is 0.333. The van der Waals surface area contributed by atoms with Gasteiger partial charge in [-0.2, -0.15) is 0 Å². The second-order valence-corrected chi connectivity index (χ2v) is 39.8. The summed E-state index contributed by atoms with van der Waals surface area (Å²) in [6.07, 6.45) is 2.50. The van der Waals surface area contributed by atoms with E-state index in [1.807, 2.05) is 3.28 Å². The number of benzene rings is 2. The first kappa shape index (κ1) is 27.5. The molecule has 2 atom stereocenters. The van der Waals surface area contributed by atoms with Crippen LogP contribution in [0.5, 0.6) is 0 Å². The summed E-state index contributed by atoms with van der Waals surface area (Å²) in [4.78, 5) is 0. The van der Waals surface area contributed by atoms with Crippen molar-refractivity contribution in [1.82, 2.24) is 0 Å². The standard InChI is InChI=1S/C16H13.C9H13.2CH3.2HI.H2Si.Zr/c1-12-10-14-8-5-9-15(16(14)11-12)13-6-3-2-4-7-13;1-6-5-7(2)9(4)8(6)3;;;;;;/h2-11H,1H3;6H,1-4H3;2*1H3;2*1H;1H2;. The fourth-order valence-corrected chi connectivity index (χ4v) is 28.2. The molecule has 0 radical (unpaired) electrons. The van der Waals surface area contributed by atoms with Gasteiger partial charge in [0.1, 0.15) is 0 Å². The van der Waals surface area contributed by atoms with Crippen LogP contribution in [0.15, 0.2) is 74.1 Å². The molecule has 2 aliphatic rings. The molecule has 0 saturated carbocycles. The van der Waals surface area contributed by atoms with E-state index in [1.54, 1.807) is 27.9 Å². The van der Waals surface area contributed by atoms with Crippen molar-refractivity contribution >= 4 is 60.9 Å². The summed E-state index contributed by atoms with van der Waals surface area (Å²) in [5.41, 5.74) is 12.0. The molecule has 0 N–H and O–H groups in total. The first-order valence-electron chi connectivity index (χ1n) is 10.9. The zero-order valence-electron chi connectivity index (χ0n) is 19.9. The summed E-state index contributed by atoms with van der Waals surface area (Å²) in [5.74, 6) is 0.599. The third-order valence-corrected chi connectivity index (χ3v) is 25.3. The van der Waals surface area contributed by atoms with E-state index in [2.05, 4.69) is 105 Å². The number of hydrogen-bond donors (Lipinski definition) is 0. The molecule has 0 amide bonds. The smallest absolute Gasteiger partial charge is 0.107 e. The molecule has 2 aliphatic carbocycles. The van der Waals surface area contributed by atoms with Crippen molar-refractivity contribution in [3.63, 3.8) is 0 Å². The number of rotatable bonds is 3. The molecule has 0 aromatic heterocycles. The van der Waals surface area contributed by atoms with Crippen LogP contribution in [-0.4, -0.2) is 6.88 Å². The average Bonchev–Trinajstić information content (AvgIpc) is 3.12. The summed E-state index contributed by atoms with van der Waals surface area (Å²) >= 11 is -3.29. The van der Waals surface area contributed by atoms with Crippen molar-refractivity contribution in [2.24, 2.45) is 5.92 Å². The van der Waals surface area contributed by atoms with Crippen LogP contribution < -0.4 is 0 Å². The van der Waals surface area contributed by atoms with Crippen molar-refractivity contribution in [2.45, 2.75) is 47.5 Å². The molecular weight excluding hydrogens is 697 g/mol. The molecule has 0 aliphatic heterocycles. The minimum absolute atomic E-state index is 0. The van der Waals surface area contributed by atoms with E-state index in [1.165, 1.54) is 16.7 Å². The van der Waals surface area contributed by atoms with Crippen LogP contribution in [0.25, 0.3) is 17.2 Å². The Kier molecular flexibility index (Phi) is 8.38. The van der Waals surface area contributed by atoms with Gasteiger partial charge in [0.15, 0.2) is 0 Å². The van der Waals surface area contributed by atoms with Gasteiger partial charge in [-0.3, -0.25) is 0 Å². The van der Waals surface area contributed by atoms with Gasteiger partial charge in [0.05, 0.1) is 0 Å². The van der Waals surface area contributed by atoms with Crippen molar-refractivity contribution < 1.29 is 17.4 Å². The Morgan fingerprint density at radius 2 is 1.42 bits per heavy atom. The number of allylic oxidation sites excluding steroid dienone is 5. The maximum Gasteiger partial charge on any atom is -0.107 e. The van der Waals surface area contributed by atoms with Gasteiger partial charge in [0.25, 0.3) is 0 Å². The summed E-state index contributed by atoms with van der Waals surface area (Å²) in [6.45, 7) is 14.3. The third-order valence-electron chi connectivity index (χ3n) is 7.81. The second kappa shape index (κ2) is 9.46. The monoisotopic (exact) mass is 732 g/mol. The van der Waals surface area contributed by atoms with Gasteiger partial charge in [-0.1, -0.05) is 0 Å². The topological polar surface area (TPSA) is 0 Å². The molecule has 0 bridgehead atoms. The Hall–Kier alpha value is 0.220. The molecule has 0 saturated heterocycles. The number of halogens is 2. The van der Waals surface area contributed by atoms with Crippen LogP contribution in [0, 0.1) is 5.92 Å². The van der Waals surface area contributed by atoms with Crippen molar-refractivity contribution in [1.29, 1.82) is 0 Å². The summed E-state index contributed by atoms with van der Waals surface area (Å²) in [6, 6.07) is 17.9. The molecule has 166 valence electrons. The summed E-state index contributed by atoms with van der Waals surface area (Å²) in [5, 5.41) is 0. The van der Waals surface area contributed by atoms with Crippen molar-refractivity contribution in [3.05, 3.63) is 85.2 Å². The van der Waals surface area contributed by atoms with Crippen molar-refractivity contribution in [2.75, 3.05) is 0 Å². The minimum Gasteiger partial charge on any atom is -0.107 e. The predicted octanol–water partition coefficient (Wildman–Crippen LogP) is 8.64. The van der Waals surface area contributed by atoms with Gasteiger partial charge in [0, 0.05) is 0 Å². The first-order chi connectivity index (χ1) is 13.5. The quantitative estimate of drug-likeness (QED) is 0.219. The summed E-state index contributed by atoms with van der Waals surface area (Å²) in [7, 11) is 0. The Balaban J connectivity index is 0.00000171.